The zero-order chi connectivity index (χ0) is 16.4. The van der Waals surface area contributed by atoms with Crippen LogP contribution < -0.4 is 0 Å². The minimum Gasteiger partial charge on any atom is -0.337 e. The second-order valence-electron chi connectivity index (χ2n) is 5.48. The minimum atomic E-state index is -0.369. The highest BCUT2D eigenvalue weighted by Crippen LogP contribution is 2.20. The molecule has 1 fully saturated rings. The highest BCUT2D eigenvalue weighted by molar-refractivity contribution is 7.11. The van der Waals surface area contributed by atoms with E-state index in [-0.39, 0.29) is 23.7 Å². The summed E-state index contributed by atoms with van der Waals surface area (Å²) < 4.78 is 13.0. The standard InChI is InChI=1S/C16H16FN3O2S/c1-19(15(21)11-2-4-12(17)5-3-11)13-6-7-20(9-13)16(22)14-8-18-10-23-14/h2-5,8,10,13H,6-7,9H2,1H3. The molecule has 0 radical (unpaired) electrons. The van der Waals surface area contributed by atoms with E-state index in [0.717, 1.165) is 6.42 Å². The lowest BCUT2D eigenvalue weighted by molar-refractivity contribution is 0.0702. The van der Waals surface area contributed by atoms with Gasteiger partial charge in [-0.05, 0) is 30.7 Å². The van der Waals surface area contributed by atoms with Crippen molar-refractivity contribution in [1.29, 1.82) is 0 Å². The molecule has 2 aromatic rings. The molecule has 0 bridgehead atoms. The first-order valence-corrected chi connectivity index (χ1v) is 8.14. The summed E-state index contributed by atoms with van der Waals surface area (Å²) in [6, 6.07) is 5.46. The monoisotopic (exact) mass is 333 g/mol. The smallest absolute Gasteiger partial charge is 0.265 e. The average molecular weight is 333 g/mol. The van der Waals surface area contributed by atoms with E-state index in [0.29, 0.717) is 23.5 Å². The normalized spacial score (nSPS) is 17.3. The van der Waals surface area contributed by atoms with Crippen LogP contribution in [0.1, 0.15) is 26.5 Å². The molecule has 1 aromatic heterocycles. The maximum absolute atomic E-state index is 13.0. The van der Waals surface area contributed by atoms with Crippen molar-refractivity contribution in [2.24, 2.45) is 0 Å². The molecule has 2 heterocycles. The predicted octanol–water partition coefficient (Wildman–Crippen LogP) is 2.27. The van der Waals surface area contributed by atoms with Gasteiger partial charge in [-0.15, -0.1) is 11.3 Å². The van der Waals surface area contributed by atoms with Gasteiger partial charge in [0, 0.05) is 25.7 Å². The molecule has 0 aliphatic carbocycles. The zero-order valence-electron chi connectivity index (χ0n) is 12.6. The molecule has 23 heavy (non-hydrogen) atoms. The highest BCUT2D eigenvalue weighted by atomic mass is 32.1. The van der Waals surface area contributed by atoms with Crippen LogP contribution in [0.25, 0.3) is 0 Å². The Morgan fingerprint density at radius 3 is 2.74 bits per heavy atom. The van der Waals surface area contributed by atoms with Gasteiger partial charge in [0.05, 0.1) is 17.7 Å². The number of carbonyl (C=O) groups is 2. The SMILES string of the molecule is CN(C(=O)c1ccc(F)cc1)C1CCN(C(=O)c2cncs2)C1. The van der Waals surface area contributed by atoms with Crippen molar-refractivity contribution in [2.45, 2.75) is 12.5 Å². The molecule has 2 amide bonds. The summed E-state index contributed by atoms with van der Waals surface area (Å²) in [5.41, 5.74) is 2.08. The van der Waals surface area contributed by atoms with Gasteiger partial charge in [-0.2, -0.15) is 0 Å². The Labute approximate surface area is 137 Å². The Kier molecular flexibility index (Phi) is 4.38. The Hall–Kier alpha value is -2.28. The van der Waals surface area contributed by atoms with Crippen molar-refractivity contribution in [3.8, 4) is 0 Å². The second kappa shape index (κ2) is 6.45. The molecule has 0 saturated carbocycles. The lowest BCUT2D eigenvalue weighted by Crippen LogP contribution is -2.40. The van der Waals surface area contributed by atoms with Crippen molar-refractivity contribution in [3.63, 3.8) is 0 Å². The van der Waals surface area contributed by atoms with Crippen LogP contribution in [0.5, 0.6) is 0 Å². The zero-order valence-corrected chi connectivity index (χ0v) is 13.4. The lowest BCUT2D eigenvalue weighted by Gasteiger charge is -2.25. The number of benzene rings is 1. The molecule has 1 aromatic carbocycles. The van der Waals surface area contributed by atoms with Crippen LogP contribution in [-0.2, 0) is 0 Å². The summed E-state index contributed by atoms with van der Waals surface area (Å²) in [7, 11) is 1.72. The molecular weight excluding hydrogens is 317 g/mol. The number of halogens is 1. The number of carbonyl (C=O) groups excluding carboxylic acids is 2. The summed E-state index contributed by atoms with van der Waals surface area (Å²) in [5.74, 6) is -0.578. The molecule has 5 nitrogen and oxygen atoms in total. The second-order valence-corrected chi connectivity index (χ2v) is 6.37. The number of thiazole rings is 1. The van der Waals surface area contributed by atoms with E-state index < -0.39 is 0 Å². The van der Waals surface area contributed by atoms with Gasteiger partial charge < -0.3 is 9.80 Å². The summed E-state index contributed by atoms with van der Waals surface area (Å²) in [5, 5.41) is 0. The Balaban J connectivity index is 1.65. The van der Waals surface area contributed by atoms with E-state index >= 15 is 0 Å². The van der Waals surface area contributed by atoms with Crippen molar-refractivity contribution in [2.75, 3.05) is 20.1 Å². The predicted molar refractivity (Wildman–Crippen MR) is 84.9 cm³/mol. The van der Waals surface area contributed by atoms with Crippen molar-refractivity contribution in [3.05, 3.63) is 52.2 Å². The fraction of sp³-hybridized carbons (Fsp3) is 0.312. The Morgan fingerprint density at radius 2 is 2.09 bits per heavy atom. The van der Waals surface area contributed by atoms with Gasteiger partial charge in [0.1, 0.15) is 10.7 Å². The van der Waals surface area contributed by atoms with Crippen LogP contribution in [0, 0.1) is 5.82 Å². The van der Waals surface area contributed by atoms with E-state index in [2.05, 4.69) is 4.98 Å². The van der Waals surface area contributed by atoms with Crippen LogP contribution in [0.4, 0.5) is 4.39 Å². The number of rotatable bonds is 3. The molecular formula is C16H16FN3O2S. The van der Waals surface area contributed by atoms with E-state index in [1.165, 1.54) is 35.6 Å². The number of likely N-dealkylation sites (tertiary alicyclic amines) is 1. The number of likely N-dealkylation sites (N-methyl/N-ethyl adjacent to an activating group) is 1. The van der Waals surface area contributed by atoms with E-state index in [1.54, 1.807) is 28.6 Å². The fourth-order valence-electron chi connectivity index (χ4n) is 2.68. The van der Waals surface area contributed by atoms with Crippen molar-refractivity contribution in [1.82, 2.24) is 14.8 Å². The topological polar surface area (TPSA) is 53.5 Å². The number of hydrogen-bond donors (Lipinski definition) is 0. The molecule has 1 aliphatic heterocycles. The molecule has 7 heteroatoms. The maximum atomic E-state index is 13.0. The molecule has 1 saturated heterocycles. The molecule has 0 N–H and O–H groups in total. The Morgan fingerprint density at radius 1 is 1.35 bits per heavy atom. The number of nitrogens with zero attached hydrogens (tertiary/aromatic N) is 3. The highest BCUT2D eigenvalue weighted by Gasteiger charge is 2.32. The van der Waals surface area contributed by atoms with Gasteiger partial charge in [-0.1, -0.05) is 0 Å². The van der Waals surface area contributed by atoms with Crippen LogP contribution in [0.15, 0.2) is 36.0 Å². The molecule has 0 spiro atoms. The fourth-order valence-corrected chi connectivity index (χ4v) is 3.27. The van der Waals surface area contributed by atoms with Crippen molar-refractivity contribution >= 4 is 23.2 Å². The van der Waals surface area contributed by atoms with Crippen LogP contribution in [0.2, 0.25) is 0 Å². The third-order valence-corrected chi connectivity index (χ3v) is 4.81. The Bertz CT molecular complexity index is 703. The number of aromatic nitrogens is 1. The largest absolute Gasteiger partial charge is 0.337 e. The third-order valence-electron chi connectivity index (χ3n) is 4.05. The lowest BCUT2D eigenvalue weighted by atomic mass is 10.1. The van der Waals surface area contributed by atoms with E-state index in [4.69, 9.17) is 0 Å². The summed E-state index contributed by atoms with van der Waals surface area (Å²) in [4.78, 5) is 32.6. The van der Waals surface area contributed by atoms with Crippen molar-refractivity contribution < 1.29 is 14.0 Å². The van der Waals surface area contributed by atoms with Gasteiger partial charge in [0.15, 0.2) is 0 Å². The molecule has 1 unspecified atom stereocenters. The van der Waals surface area contributed by atoms with Crippen LogP contribution in [-0.4, -0.2) is 52.8 Å². The third kappa shape index (κ3) is 3.24. The van der Waals surface area contributed by atoms with Gasteiger partial charge in [-0.3, -0.25) is 14.6 Å². The van der Waals surface area contributed by atoms with Gasteiger partial charge in [0.2, 0.25) is 0 Å². The first kappa shape index (κ1) is 15.6. The quantitative estimate of drug-likeness (QED) is 0.866. The van der Waals surface area contributed by atoms with Crippen LogP contribution >= 0.6 is 11.3 Å². The minimum absolute atomic E-state index is 0.0376. The maximum Gasteiger partial charge on any atom is 0.265 e. The first-order valence-electron chi connectivity index (χ1n) is 7.27. The van der Waals surface area contributed by atoms with E-state index in [1.807, 2.05) is 0 Å². The van der Waals surface area contributed by atoms with Gasteiger partial charge >= 0.3 is 0 Å². The molecule has 1 aliphatic rings. The number of amides is 2. The summed E-state index contributed by atoms with van der Waals surface area (Å²) >= 11 is 1.31. The number of hydrogen-bond acceptors (Lipinski definition) is 4. The molecule has 3 rings (SSSR count). The summed E-state index contributed by atoms with van der Waals surface area (Å²) in [6.07, 6.45) is 2.29. The molecule has 120 valence electrons. The van der Waals surface area contributed by atoms with E-state index in [9.17, 15) is 14.0 Å². The average Bonchev–Trinajstić information content (AvgIpc) is 3.25. The van der Waals surface area contributed by atoms with Gasteiger partial charge in [0.25, 0.3) is 11.8 Å². The molecule has 1 atom stereocenters. The van der Waals surface area contributed by atoms with Crippen LogP contribution in [0.3, 0.4) is 0 Å². The van der Waals surface area contributed by atoms with Gasteiger partial charge in [-0.25, -0.2) is 4.39 Å². The summed E-state index contributed by atoms with van der Waals surface area (Å²) in [6.45, 7) is 1.11. The first-order chi connectivity index (χ1) is 11.1.